The van der Waals surface area contributed by atoms with Gasteiger partial charge in [-0.05, 0) is 12.8 Å². The summed E-state index contributed by atoms with van der Waals surface area (Å²) >= 11 is -1.52. The highest BCUT2D eigenvalue weighted by Gasteiger charge is 2.29. The van der Waals surface area contributed by atoms with Gasteiger partial charge in [0.25, 0.3) is 0 Å². The SMILES string of the molecule is c1cc[c]([Al]([O]C2CCCCC2)[c]2ccccc2)cc1. The lowest BCUT2D eigenvalue weighted by molar-refractivity contribution is 0.160. The van der Waals surface area contributed by atoms with E-state index in [1.807, 2.05) is 0 Å². The van der Waals surface area contributed by atoms with E-state index in [1.165, 1.54) is 41.0 Å². The van der Waals surface area contributed by atoms with Gasteiger partial charge in [-0.1, -0.05) is 88.8 Å². The number of hydrogen-bond acceptors (Lipinski definition) is 1. The van der Waals surface area contributed by atoms with Gasteiger partial charge in [0.2, 0.25) is 0 Å². The second-order valence-corrected chi connectivity index (χ2v) is 7.96. The molecule has 0 aromatic heterocycles. The third-order valence-corrected chi connectivity index (χ3v) is 6.72. The Morgan fingerprint density at radius 1 is 0.700 bits per heavy atom. The molecule has 102 valence electrons. The first-order valence-corrected chi connectivity index (χ1v) is 9.31. The Kier molecular flexibility index (Phi) is 4.92. The number of benzene rings is 2. The van der Waals surface area contributed by atoms with Gasteiger partial charge in [0.05, 0.1) is 0 Å². The second kappa shape index (κ2) is 7.09. The molecule has 0 unspecified atom stereocenters. The summed E-state index contributed by atoms with van der Waals surface area (Å²) in [6.07, 6.45) is 6.99. The van der Waals surface area contributed by atoms with Gasteiger partial charge < -0.3 is 3.79 Å². The van der Waals surface area contributed by atoms with Crippen LogP contribution in [0.2, 0.25) is 0 Å². The molecule has 0 bridgehead atoms. The average Bonchev–Trinajstić information content (AvgIpc) is 2.55. The lowest BCUT2D eigenvalue weighted by atomic mass is 9.98. The van der Waals surface area contributed by atoms with Crippen molar-refractivity contribution in [2.75, 3.05) is 0 Å². The van der Waals surface area contributed by atoms with Crippen molar-refractivity contribution in [3.8, 4) is 0 Å². The lowest BCUT2D eigenvalue weighted by Gasteiger charge is -2.26. The molecule has 2 heteroatoms. The molecule has 0 saturated heterocycles. The monoisotopic (exact) mass is 280 g/mol. The van der Waals surface area contributed by atoms with Gasteiger partial charge in [0.15, 0.2) is 0 Å². The topological polar surface area (TPSA) is 9.23 Å². The largest absolute Gasteiger partial charge is 0.544 e. The first-order chi connectivity index (χ1) is 9.93. The molecule has 3 rings (SSSR count). The summed E-state index contributed by atoms with van der Waals surface area (Å²) in [6, 6.07) is 21.6. The van der Waals surface area contributed by atoms with Crippen LogP contribution in [0.3, 0.4) is 0 Å². The van der Waals surface area contributed by atoms with Crippen molar-refractivity contribution in [1.82, 2.24) is 0 Å². The Bertz CT molecular complexity index is 466. The van der Waals surface area contributed by atoms with Crippen LogP contribution in [0.4, 0.5) is 0 Å². The maximum absolute atomic E-state index is 6.60. The van der Waals surface area contributed by atoms with Crippen molar-refractivity contribution < 1.29 is 3.79 Å². The van der Waals surface area contributed by atoms with Gasteiger partial charge >= 0.3 is 14.5 Å². The van der Waals surface area contributed by atoms with Crippen LogP contribution in [-0.4, -0.2) is 20.6 Å². The summed E-state index contributed by atoms with van der Waals surface area (Å²) in [5.74, 6) is 0. The molecule has 1 saturated carbocycles. The fourth-order valence-corrected chi connectivity index (χ4v) is 5.50. The lowest BCUT2D eigenvalue weighted by Crippen LogP contribution is -2.47. The Hall–Kier alpha value is -1.07. The van der Waals surface area contributed by atoms with Crippen LogP contribution in [0.25, 0.3) is 0 Å². The van der Waals surface area contributed by atoms with Gasteiger partial charge in [0.1, 0.15) is 0 Å². The smallest absolute Gasteiger partial charge is 0.491 e. The molecule has 2 aromatic rings. The van der Waals surface area contributed by atoms with E-state index in [4.69, 9.17) is 3.79 Å². The Labute approximate surface area is 126 Å². The van der Waals surface area contributed by atoms with Crippen LogP contribution in [0.5, 0.6) is 0 Å². The van der Waals surface area contributed by atoms with E-state index < -0.39 is 14.5 Å². The van der Waals surface area contributed by atoms with Gasteiger partial charge in [-0.25, -0.2) is 0 Å². The molecule has 1 aliphatic carbocycles. The molecule has 0 aliphatic heterocycles. The molecule has 1 aliphatic rings. The van der Waals surface area contributed by atoms with Crippen molar-refractivity contribution in [2.24, 2.45) is 0 Å². The molecular weight excluding hydrogens is 259 g/mol. The number of rotatable bonds is 4. The van der Waals surface area contributed by atoms with Gasteiger partial charge in [-0.3, -0.25) is 0 Å². The summed E-state index contributed by atoms with van der Waals surface area (Å²) in [6.45, 7) is 0. The van der Waals surface area contributed by atoms with E-state index in [0.29, 0.717) is 6.10 Å². The average molecular weight is 280 g/mol. The molecule has 0 spiro atoms. The summed E-state index contributed by atoms with van der Waals surface area (Å²) in [4.78, 5) is 0. The maximum atomic E-state index is 6.60. The first-order valence-electron chi connectivity index (χ1n) is 7.69. The van der Waals surface area contributed by atoms with E-state index in [2.05, 4.69) is 60.7 Å². The molecule has 0 heterocycles. The van der Waals surface area contributed by atoms with Crippen molar-refractivity contribution >= 4 is 23.3 Å². The molecule has 0 atom stereocenters. The molecular formula is C18H21AlO. The Morgan fingerprint density at radius 3 is 1.70 bits per heavy atom. The summed E-state index contributed by atoms with van der Waals surface area (Å²) < 4.78 is 9.39. The van der Waals surface area contributed by atoms with E-state index >= 15 is 0 Å². The third-order valence-electron chi connectivity index (χ3n) is 4.09. The highest BCUT2D eigenvalue weighted by Crippen LogP contribution is 2.20. The summed E-state index contributed by atoms with van der Waals surface area (Å²) in [5, 5.41) is 0. The molecule has 1 nitrogen and oxygen atoms in total. The Morgan fingerprint density at radius 2 is 1.20 bits per heavy atom. The summed E-state index contributed by atoms with van der Waals surface area (Å²) in [7, 11) is 0. The van der Waals surface area contributed by atoms with Crippen LogP contribution in [0.15, 0.2) is 60.7 Å². The minimum atomic E-state index is -1.52. The van der Waals surface area contributed by atoms with Crippen LogP contribution in [0.1, 0.15) is 32.1 Å². The third kappa shape index (κ3) is 3.52. The zero-order valence-corrected chi connectivity index (χ0v) is 13.0. The fourth-order valence-electron chi connectivity index (χ4n) is 3.00. The van der Waals surface area contributed by atoms with Crippen LogP contribution in [0, 0.1) is 0 Å². The molecule has 1 fully saturated rings. The van der Waals surface area contributed by atoms with Crippen molar-refractivity contribution in [3.63, 3.8) is 0 Å². The van der Waals surface area contributed by atoms with Gasteiger partial charge in [-0.2, -0.15) is 0 Å². The highest BCUT2D eigenvalue weighted by molar-refractivity contribution is 6.80. The normalized spacial score (nSPS) is 16.0. The van der Waals surface area contributed by atoms with E-state index in [1.54, 1.807) is 0 Å². The van der Waals surface area contributed by atoms with E-state index in [9.17, 15) is 0 Å². The molecule has 0 radical (unpaired) electrons. The predicted octanol–water partition coefficient (Wildman–Crippen LogP) is 3.14. The minimum Gasteiger partial charge on any atom is -0.491 e. The van der Waals surface area contributed by atoms with Crippen molar-refractivity contribution in [2.45, 2.75) is 38.2 Å². The van der Waals surface area contributed by atoms with Crippen LogP contribution < -0.4 is 8.85 Å². The second-order valence-electron chi connectivity index (χ2n) is 5.60. The van der Waals surface area contributed by atoms with E-state index in [0.717, 1.165) is 0 Å². The zero-order chi connectivity index (χ0) is 13.6. The standard InChI is InChI=1S/C6H11O.2C6H5.Al/c7-6-4-2-1-3-5-6;2*1-2-4-6-5-3-1;/h6H,1-5H2;2*1-5H;/q-1;;;+1. The van der Waals surface area contributed by atoms with Crippen molar-refractivity contribution in [3.05, 3.63) is 60.7 Å². The zero-order valence-electron chi connectivity index (χ0n) is 11.9. The fraction of sp³-hybridized carbons (Fsp3) is 0.333. The van der Waals surface area contributed by atoms with Gasteiger partial charge in [0, 0.05) is 6.10 Å². The molecule has 2 aromatic carbocycles. The Balaban J connectivity index is 1.83. The minimum absolute atomic E-state index is 0.473. The first kappa shape index (κ1) is 13.9. The molecule has 0 N–H and O–H groups in total. The van der Waals surface area contributed by atoms with Crippen LogP contribution >= 0.6 is 0 Å². The van der Waals surface area contributed by atoms with Crippen LogP contribution in [-0.2, 0) is 3.79 Å². The summed E-state index contributed by atoms with van der Waals surface area (Å²) in [5.41, 5.74) is 0. The quantitative estimate of drug-likeness (QED) is 0.782. The van der Waals surface area contributed by atoms with E-state index in [-0.39, 0.29) is 0 Å². The van der Waals surface area contributed by atoms with Crippen molar-refractivity contribution in [1.29, 1.82) is 0 Å². The molecule has 0 amide bonds. The highest BCUT2D eigenvalue weighted by atomic mass is 27.2. The predicted molar refractivity (Wildman–Crippen MR) is 85.9 cm³/mol. The maximum Gasteiger partial charge on any atom is 0.544 e. The molecule has 20 heavy (non-hydrogen) atoms. The van der Waals surface area contributed by atoms with Gasteiger partial charge in [-0.15, -0.1) is 0 Å². The number of hydrogen-bond donors (Lipinski definition) is 0.